The van der Waals surface area contributed by atoms with Crippen molar-refractivity contribution in [1.29, 1.82) is 0 Å². The van der Waals surface area contributed by atoms with Gasteiger partial charge in [-0.15, -0.1) is 0 Å². The number of carbonyl (C=O) groups is 2. The van der Waals surface area contributed by atoms with Crippen LogP contribution in [0.4, 0.5) is 4.39 Å². The maximum Gasteiger partial charge on any atom is 0.253 e. The first-order chi connectivity index (χ1) is 13.0. The number of benzene rings is 2. The zero-order valence-corrected chi connectivity index (χ0v) is 16.9. The number of hydrogen-bond donors (Lipinski definition) is 2. The number of ketones is 1. The molecule has 0 aliphatic carbocycles. The summed E-state index contributed by atoms with van der Waals surface area (Å²) >= 11 is 11.8. The summed E-state index contributed by atoms with van der Waals surface area (Å²) in [5.41, 5.74) is -0.171. The fourth-order valence-electron chi connectivity index (χ4n) is 3.10. The van der Waals surface area contributed by atoms with Crippen molar-refractivity contribution in [3.63, 3.8) is 0 Å². The lowest BCUT2D eigenvalue weighted by Crippen LogP contribution is -2.53. The number of aliphatic hydroxyl groups excluding tert-OH is 1. The molecule has 0 spiro atoms. The Morgan fingerprint density at radius 3 is 2.50 bits per heavy atom. The fourth-order valence-corrected chi connectivity index (χ4v) is 3.50. The zero-order valence-electron chi connectivity index (χ0n) is 15.3. The Morgan fingerprint density at radius 1 is 1.18 bits per heavy atom. The molecule has 3 rings (SSSR count). The van der Waals surface area contributed by atoms with Gasteiger partial charge in [0.25, 0.3) is 5.91 Å². The van der Waals surface area contributed by atoms with Crippen LogP contribution in [0.2, 0.25) is 10.0 Å². The van der Waals surface area contributed by atoms with Crippen molar-refractivity contribution in [1.82, 2.24) is 5.32 Å². The van der Waals surface area contributed by atoms with Crippen molar-refractivity contribution in [3.8, 4) is 5.75 Å². The van der Waals surface area contributed by atoms with E-state index in [2.05, 4.69) is 5.32 Å². The molecule has 1 amide bonds. The number of fused-ring (bicyclic) bond motifs is 1. The lowest BCUT2D eigenvalue weighted by Gasteiger charge is -2.42. The van der Waals surface area contributed by atoms with Gasteiger partial charge in [0.2, 0.25) is 0 Å². The van der Waals surface area contributed by atoms with Gasteiger partial charge in [0.1, 0.15) is 23.3 Å². The number of hydrogen-bond acceptors (Lipinski definition) is 4. The van der Waals surface area contributed by atoms with E-state index in [-0.39, 0.29) is 21.4 Å². The molecule has 8 heteroatoms. The van der Waals surface area contributed by atoms with E-state index in [4.69, 9.17) is 27.9 Å². The van der Waals surface area contributed by atoms with Gasteiger partial charge in [-0.1, -0.05) is 23.2 Å². The molecule has 5 nitrogen and oxygen atoms in total. The number of nitrogens with one attached hydrogen (secondary N) is 1. The smallest absolute Gasteiger partial charge is 0.253 e. The Labute approximate surface area is 171 Å². The third-order valence-corrected chi connectivity index (χ3v) is 5.58. The second-order valence-corrected chi connectivity index (χ2v) is 7.89. The molecule has 1 aliphatic heterocycles. The van der Waals surface area contributed by atoms with E-state index < -0.39 is 29.5 Å². The second kappa shape index (κ2) is 7.35. The van der Waals surface area contributed by atoms with E-state index in [0.717, 1.165) is 6.07 Å². The average Bonchev–Trinajstić information content (AvgIpc) is 2.62. The Balaban J connectivity index is 2.03. The van der Waals surface area contributed by atoms with Crippen molar-refractivity contribution < 1.29 is 23.8 Å². The number of carbonyl (C=O) groups excluding carboxylic acids is 2. The summed E-state index contributed by atoms with van der Waals surface area (Å²) < 4.78 is 19.4. The van der Waals surface area contributed by atoms with Crippen LogP contribution in [0.5, 0.6) is 5.75 Å². The highest BCUT2D eigenvalue weighted by Gasteiger charge is 2.44. The number of Topliss-reactive ketones (excluding diaryl/α,β-unsaturated/α-hetero) is 1. The highest BCUT2D eigenvalue weighted by molar-refractivity contribution is 6.44. The van der Waals surface area contributed by atoms with E-state index in [1.807, 2.05) is 0 Å². The number of ether oxygens (including phenoxy) is 1. The van der Waals surface area contributed by atoms with Gasteiger partial charge in [-0.25, -0.2) is 4.39 Å². The molecule has 28 heavy (non-hydrogen) atoms. The quantitative estimate of drug-likeness (QED) is 0.566. The summed E-state index contributed by atoms with van der Waals surface area (Å²) in [6.07, 6.45) is -1.12. The maximum absolute atomic E-state index is 13.5. The molecule has 148 valence electrons. The molecule has 2 aromatic rings. The predicted molar refractivity (Wildman–Crippen MR) is 104 cm³/mol. The zero-order chi connectivity index (χ0) is 20.8. The number of rotatable bonds is 3. The fraction of sp³-hybridized carbons (Fsp3) is 0.300. The van der Waals surface area contributed by atoms with Gasteiger partial charge in [0, 0.05) is 11.1 Å². The number of halogens is 3. The topological polar surface area (TPSA) is 75.6 Å². The van der Waals surface area contributed by atoms with E-state index in [0.29, 0.717) is 16.9 Å². The van der Waals surface area contributed by atoms with Crippen LogP contribution < -0.4 is 10.1 Å². The molecule has 0 saturated heterocycles. The third kappa shape index (κ3) is 3.60. The van der Waals surface area contributed by atoms with Crippen LogP contribution in [0.1, 0.15) is 53.1 Å². The molecule has 0 unspecified atom stereocenters. The minimum atomic E-state index is -1.12. The van der Waals surface area contributed by atoms with Crippen molar-refractivity contribution in [2.24, 2.45) is 0 Å². The van der Waals surface area contributed by atoms with Crippen LogP contribution >= 0.6 is 23.2 Å². The molecule has 2 aromatic carbocycles. The largest absolute Gasteiger partial charge is 0.485 e. The number of aliphatic hydroxyl groups is 1. The van der Waals surface area contributed by atoms with Crippen molar-refractivity contribution in [3.05, 3.63) is 62.9 Å². The first kappa shape index (κ1) is 20.6. The van der Waals surface area contributed by atoms with E-state index in [1.165, 1.54) is 13.0 Å². The minimum absolute atomic E-state index is 0.0335. The van der Waals surface area contributed by atoms with Crippen molar-refractivity contribution >= 4 is 34.9 Å². The monoisotopic (exact) mass is 425 g/mol. The SMILES string of the molecule is CC(=O)c1ccc2c(c1)[C@H](NC(=O)c1ccc(F)c(Cl)c1Cl)[C@@H](O)C(C)(C)O2. The Morgan fingerprint density at radius 2 is 1.86 bits per heavy atom. The summed E-state index contributed by atoms with van der Waals surface area (Å²) in [5.74, 6) is -1.12. The molecular formula is C20H18Cl2FNO4. The first-order valence-corrected chi connectivity index (χ1v) is 9.25. The molecule has 0 radical (unpaired) electrons. The Hall–Kier alpha value is -2.15. The molecule has 0 saturated carbocycles. The highest BCUT2D eigenvalue weighted by Crippen LogP contribution is 2.40. The van der Waals surface area contributed by atoms with E-state index in [1.54, 1.807) is 32.0 Å². The van der Waals surface area contributed by atoms with Gasteiger partial charge in [-0.2, -0.15) is 0 Å². The van der Waals surface area contributed by atoms with Crippen molar-refractivity contribution in [2.45, 2.75) is 38.5 Å². The van der Waals surface area contributed by atoms with Crippen molar-refractivity contribution in [2.75, 3.05) is 0 Å². The Kier molecular flexibility index (Phi) is 5.40. The lowest BCUT2D eigenvalue weighted by atomic mass is 9.85. The second-order valence-electron chi connectivity index (χ2n) is 7.13. The summed E-state index contributed by atoms with van der Waals surface area (Å²) in [4.78, 5) is 24.5. The van der Waals surface area contributed by atoms with Gasteiger partial charge in [-0.3, -0.25) is 9.59 Å². The summed E-state index contributed by atoms with van der Waals surface area (Å²) in [5, 5.41) is 12.9. The van der Waals surface area contributed by atoms with E-state index >= 15 is 0 Å². The van der Waals surface area contributed by atoms with E-state index in [9.17, 15) is 19.1 Å². The normalized spacial score (nSPS) is 20.1. The molecule has 0 bridgehead atoms. The minimum Gasteiger partial charge on any atom is -0.485 e. The lowest BCUT2D eigenvalue weighted by molar-refractivity contribution is -0.0627. The predicted octanol–water partition coefficient (Wildman–Crippen LogP) is 4.34. The standard InChI is InChI=1S/C20H18Cl2FNO4/c1-9(25)10-4-7-14-12(8-10)17(18(26)20(2,3)28-14)24-19(27)11-5-6-13(23)16(22)15(11)21/h4-8,17-18,26H,1-3H3,(H,24,27)/t17-,18+/m0/s1. The van der Waals surface area contributed by atoms with Gasteiger partial charge in [0.05, 0.1) is 21.7 Å². The maximum atomic E-state index is 13.5. The van der Waals surface area contributed by atoms with Gasteiger partial charge in [0.15, 0.2) is 5.78 Å². The average molecular weight is 426 g/mol. The molecule has 2 N–H and O–H groups in total. The third-order valence-electron chi connectivity index (χ3n) is 4.72. The molecule has 0 aromatic heterocycles. The number of amides is 1. The summed E-state index contributed by atoms with van der Waals surface area (Å²) in [6.45, 7) is 4.78. The van der Waals surface area contributed by atoms with Crippen LogP contribution in [0, 0.1) is 5.82 Å². The van der Waals surface area contributed by atoms with Crippen LogP contribution in [0.3, 0.4) is 0 Å². The van der Waals surface area contributed by atoms with Crippen LogP contribution in [0.25, 0.3) is 0 Å². The molecule has 1 heterocycles. The molecule has 2 atom stereocenters. The van der Waals surface area contributed by atoms with Gasteiger partial charge >= 0.3 is 0 Å². The Bertz CT molecular complexity index is 977. The highest BCUT2D eigenvalue weighted by atomic mass is 35.5. The summed E-state index contributed by atoms with van der Waals surface area (Å²) in [7, 11) is 0. The summed E-state index contributed by atoms with van der Waals surface area (Å²) in [6, 6.07) is 6.17. The molecular weight excluding hydrogens is 408 g/mol. The van der Waals surface area contributed by atoms with Gasteiger partial charge in [-0.05, 0) is 51.1 Å². The van der Waals surface area contributed by atoms with Crippen LogP contribution in [0.15, 0.2) is 30.3 Å². The molecule has 1 aliphatic rings. The molecule has 0 fully saturated rings. The van der Waals surface area contributed by atoms with Crippen LogP contribution in [-0.2, 0) is 0 Å². The first-order valence-electron chi connectivity index (χ1n) is 8.49. The van der Waals surface area contributed by atoms with Gasteiger partial charge < -0.3 is 15.2 Å². The van der Waals surface area contributed by atoms with Crippen LogP contribution in [-0.4, -0.2) is 28.5 Å².